The monoisotopic (exact) mass is 376 g/mol. The summed E-state index contributed by atoms with van der Waals surface area (Å²) in [6, 6.07) is 6.68. The van der Waals surface area contributed by atoms with E-state index in [2.05, 4.69) is 4.99 Å². The van der Waals surface area contributed by atoms with Crippen LogP contribution in [-0.4, -0.2) is 60.3 Å². The molecule has 138 valence electrons. The first kappa shape index (κ1) is 18.4. The second-order valence-corrected chi connectivity index (χ2v) is 7.21. The van der Waals surface area contributed by atoms with Gasteiger partial charge in [-0.05, 0) is 24.5 Å². The zero-order chi connectivity index (χ0) is 19.1. The highest BCUT2D eigenvalue weighted by Gasteiger charge is 2.71. The Balaban J connectivity index is 2.35. The Bertz CT molecular complexity index is 824. The lowest BCUT2D eigenvalue weighted by Crippen LogP contribution is -2.66. The maximum absolute atomic E-state index is 13.4. The highest BCUT2D eigenvalue weighted by atomic mass is 32.2. The predicted octanol–water partition coefficient (Wildman–Crippen LogP) is 1.61. The number of hydrogen-bond acceptors (Lipinski definition) is 7. The van der Waals surface area contributed by atoms with Gasteiger partial charge in [0, 0.05) is 25.1 Å². The number of likely N-dealkylation sites (N-methyl/N-ethyl adjacent to an activating group) is 1. The molecule has 0 N–H and O–H groups in total. The molecule has 0 saturated carbocycles. The van der Waals surface area contributed by atoms with Gasteiger partial charge < -0.3 is 9.47 Å². The molecule has 2 heterocycles. The molecule has 0 aliphatic carbocycles. The van der Waals surface area contributed by atoms with Crippen molar-refractivity contribution < 1.29 is 23.9 Å². The van der Waals surface area contributed by atoms with Crippen molar-refractivity contribution in [3.05, 3.63) is 35.4 Å². The molecular weight excluding hydrogens is 356 g/mol. The van der Waals surface area contributed by atoms with E-state index < -0.39 is 28.9 Å². The zero-order valence-electron chi connectivity index (χ0n) is 15.1. The van der Waals surface area contributed by atoms with Gasteiger partial charge in [-0.25, -0.2) is 9.79 Å². The number of benzene rings is 1. The van der Waals surface area contributed by atoms with Crippen LogP contribution in [0.5, 0.6) is 0 Å². The molecule has 26 heavy (non-hydrogen) atoms. The predicted molar refractivity (Wildman–Crippen MR) is 97.2 cm³/mol. The highest BCUT2D eigenvalue weighted by Crippen LogP contribution is 2.51. The fourth-order valence-corrected chi connectivity index (χ4v) is 4.22. The normalized spacial score (nSPS) is 27.2. The van der Waals surface area contributed by atoms with Gasteiger partial charge >= 0.3 is 5.97 Å². The number of hydrogen-bond donors (Lipinski definition) is 0. The van der Waals surface area contributed by atoms with Crippen LogP contribution in [0.4, 0.5) is 0 Å². The molecule has 1 aromatic rings. The van der Waals surface area contributed by atoms with Crippen molar-refractivity contribution in [3.63, 3.8) is 0 Å². The lowest BCUT2D eigenvalue weighted by atomic mass is 9.69. The van der Waals surface area contributed by atoms with Crippen LogP contribution in [0.25, 0.3) is 0 Å². The van der Waals surface area contributed by atoms with Crippen molar-refractivity contribution >= 4 is 35.4 Å². The second kappa shape index (κ2) is 6.42. The molecule has 0 unspecified atom stereocenters. The summed E-state index contributed by atoms with van der Waals surface area (Å²) in [7, 11) is 2.64. The van der Waals surface area contributed by atoms with Gasteiger partial charge in [0.25, 0.3) is 11.8 Å². The maximum atomic E-state index is 13.4. The van der Waals surface area contributed by atoms with Crippen LogP contribution in [0, 0.1) is 0 Å². The SMILES string of the molecule is COC(=O)[C@@]1(CCSC)N=C(C)O[C@]12C(=O)N(C)C(=O)c1ccccc12. The molecule has 2 aliphatic heterocycles. The summed E-state index contributed by atoms with van der Waals surface area (Å²) in [6.45, 7) is 1.60. The Hall–Kier alpha value is -2.35. The van der Waals surface area contributed by atoms with Gasteiger partial charge in [0.1, 0.15) is 0 Å². The van der Waals surface area contributed by atoms with Crippen molar-refractivity contribution in [2.24, 2.45) is 4.99 Å². The summed E-state index contributed by atoms with van der Waals surface area (Å²) >= 11 is 1.52. The first-order valence-electron chi connectivity index (χ1n) is 8.10. The average Bonchev–Trinajstić information content (AvgIpc) is 2.96. The molecule has 0 fully saturated rings. The molecular formula is C18H20N2O5S. The molecule has 2 aliphatic rings. The van der Waals surface area contributed by atoms with E-state index in [0.29, 0.717) is 16.9 Å². The van der Waals surface area contributed by atoms with E-state index in [-0.39, 0.29) is 12.3 Å². The zero-order valence-corrected chi connectivity index (χ0v) is 15.9. The van der Waals surface area contributed by atoms with Gasteiger partial charge in [-0.15, -0.1) is 0 Å². The Labute approximate surface area is 155 Å². The van der Waals surface area contributed by atoms with Crippen LogP contribution in [-0.2, 0) is 24.7 Å². The molecule has 7 nitrogen and oxygen atoms in total. The minimum Gasteiger partial charge on any atom is -0.467 e. The number of amides is 2. The first-order valence-corrected chi connectivity index (χ1v) is 9.50. The molecule has 0 radical (unpaired) electrons. The number of rotatable bonds is 4. The molecule has 0 saturated heterocycles. The molecule has 0 aromatic heterocycles. The third kappa shape index (κ3) is 2.21. The fraction of sp³-hybridized carbons (Fsp3) is 0.444. The number of methoxy groups -OCH3 is 1. The van der Waals surface area contributed by atoms with E-state index >= 15 is 0 Å². The largest absolute Gasteiger partial charge is 0.467 e. The van der Waals surface area contributed by atoms with Crippen molar-refractivity contribution in [2.45, 2.75) is 24.5 Å². The minimum atomic E-state index is -1.75. The second-order valence-electron chi connectivity index (χ2n) is 6.22. The Kier molecular flexibility index (Phi) is 4.56. The van der Waals surface area contributed by atoms with Crippen LogP contribution in [0.2, 0.25) is 0 Å². The summed E-state index contributed by atoms with van der Waals surface area (Å²) < 4.78 is 11.0. The van der Waals surface area contributed by atoms with Gasteiger partial charge in [-0.1, -0.05) is 18.2 Å². The summed E-state index contributed by atoms with van der Waals surface area (Å²) in [6.07, 6.45) is 2.14. The number of thioether (sulfide) groups is 1. The molecule has 1 spiro atoms. The third-order valence-corrected chi connectivity index (χ3v) is 5.48. The highest BCUT2D eigenvalue weighted by molar-refractivity contribution is 7.98. The number of carbonyl (C=O) groups is 3. The van der Waals surface area contributed by atoms with Crippen molar-refractivity contribution in [1.82, 2.24) is 4.90 Å². The number of aliphatic imine (C=N–C) groups is 1. The van der Waals surface area contributed by atoms with Crippen LogP contribution in [0.15, 0.2) is 29.3 Å². The average molecular weight is 376 g/mol. The molecule has 8 heteroatoms. The maximum Gasteiger partial charge on any atom is 0.339 e. The lowest BCUT2D eigenvalue weighted by Gasteiger charge is -2.44. The van der Waals surface area contributed by atoms with Gasteiger partial charge in [-0.3, -0.25) is 14.5 Å². The molecule has 0 bridgehead atoms. The van der Waals surface area contributed by atoms with E-state index in [1.54, 1.807) is 31.2 Å². The smallest absolute Gasteiger partial charge is 0.339 e. The van der Waals surface area contributed by atoms with Crippen molar-refractivity contribution in [1.29, 1.82) is 0 Å². The van der Waals surface area contributed by atoms with Crippen LogP contribution in [0.1, 0.15) is 29.3 Å². The summed E-state index contributed by atoms with van der Waals surface area (Å²) in [5, 5.41) is 0. The summed E-state index contributed by atoms with van der Waals surface area (Å²) in [5.41, 5.74) is -2.67. The van der Waals surface area contributed by atoms with E-state index in [0.717, 1.165) is 4.90 Å². The number of ether oxygens (including phenoxy) is 2. The minimum absolute atomic E-state index is 0.211. The van der Waals surface area contributed by atoms with Gasteiger partial charge in [0.2, 0.25) is 11.1 Å². The first-order chi connectivity index (χ1) is 12.4. The number of esters is 1. The Morgan fingerprint density at radius 2 is 2.04 bits per heavy atom. The van der Waals surface area contributed by atoms with Gasteiger partial charge in [0.15, 0.2) is 5.90 Å². The van der Waals surface area contributed by atoms with E-state index in [1.165, 1.54) is 25.9 Å². The Morgan fingerprint density at radius 3 is 2.69 bits per heavy atom. The van der Waals surface area contributed by atoms with Crippen molar-refractivity contribution in [3.8, 4) is 0 Å². The number of imide groups is 1. The summed E-state index contributed by atoms with van der Waals surface area (Å²) in [5.74, 6) is -0.942. The van der Waals surface area contributed by atoms with E-state index in [1.807, 2.05) is 6.26 Å². The number of nitrogens with zero attached hydrogens (tertiary/aromatic N) is 2. The fourth-order valence-electron chi connectivity index (χ4n) is 3.72. The quantitative estimate of drug-likeness (QED) is 0.586. The topological polar surface area (TPSA) is 85.3 Å². The molecule has 1 aromatic carbocycles. The van der Waals surface area contributed by atoms with Crippen LogP contribution < -0.4 is 0 Å². The molecule has 3 rings (SSSR count). The van der Waals surface area contributed by atoms with Gasteiger partial charge in [-0.2, -0.15) is 11.8 Å². The lowest BCUT2D eigenvalue weighted by molar-refractivity contribution is -0.168. The Morgan fingerprint density at radius 1 is 1.35 bits per heavy atom. The standard InChI is InChI=1S/C18H20N2O5S/c1-11-19-17(9-10-26-4,16(23)24-3)18(25-11)13-8-6-5-7-12(13)14(21)20(2)15(18)22/h5-8H,9-10H2,1-4H3/t17-,18-/m1/s1. The number of fused-ring (bicyclic) bond motifs is 2. The number of carbonyl (C=O) groups excluding carboxylic acids is 3. The van der Waals surface area contributed by atoms with E-state index in [9.17, 15) is 14.4 Å². The van der Waals surface area contributed by atoms with Crippen molar-refractivity contribution in [2.75, 3.05) is 26.2 Å². The summed E-state index contributed by atoms with van der Waals surface area (Å²) in [4.78, 5) is 44.3. The van der Waals surface area contributed by atoms with Gasteiger partial charge in [0.05, 0.1) is 7.11 Å². The molecule has 2 amide bonds. The molecule has 2 atom stereocenters. The van der Waals surface area contributed by atoms with E-state index in [4.69, 9.17) is 9.47 Å². The van der Waals surface area contributed by atoms with Crippen LogP contribution in [0.3, 0.4) is 0 Å². The third-order valence-electron chi connectivity index (χ3n) is 4.87. The van der Waals surface area contributed by atoms with Crippen LogP contribution >= 0.6 is 11.8 Å².